The Morgan fingerprint density at radius 2 is 2.05 bits per heavy atom. The summed E-state index contributed by atoms with van der Waals surface area (Å²) in [4.78, 5) is 2.43. The Hall–Kier alpha value is -0.730. The Bertz CT molecular complexity index is 452. The van der Waals surface area contributed by atoms with Crippen molar-refractivity contribution in [2.75, 3.05) is 11.9 Å². The van der Waals surface area contributed by atoms with Gasteiger partial charge in [-0.1, -0.05) is 11.6 Å². The molecule has 0 radical (unpaired) electrons. The Balaban J connectivity index is 1.76. The molecule has 1 aromatic rings. The van der Waals surface area contributed by atoms with Crippen molar-refractivity contribution in [1.29, 1.82) is 0 Å². The van der Waals surface area contributed by atoms with Crippen LogP contribution in [0.1, 0.15) is 38.2 Å². The van der Waals surface area contributed by atoms with Crippen LogP contribution >= 0.6 is 11.6 Å². The second-order valence-electron chi connectivity index (χ2n) is 6.12. The van der Waals surface area contributed by atoms with Gasteiger partial charge in [-0.3, -0.25) is 0 Å². The number of nitrogens with one attached hydrogen (secondary N) is 1. The van der Waals surface area contributed by atoms with Crippen molar-refractivity contribution in [1.82, 2.24) is 5.32 Å². The fraction of sp³-hybridized carbons (Fsp3) is 0.625. The predicted octanol–water partition coefficient (Wildman–Crippen LogP) is 3.83. The van der Waals surface area contributed by atoms with E-state index in [1.54, 1.807) is 0 Å². The fourth-order valence-electron chi connectivity index (χ4n) is 2.70. The maximum atomic E-state index is 6.16. The van der Waals surface area contributed by atoms with E-state index in [0.717, 1.165) is 23.5 Å². The van der Waals surface area contributed by atoms with Crippen LogP contribution in [-0.4, -0.2) is 19.1 Å². The summed E-state index contributed by atoms with van der Waals surface area (Å²) in [6.45, 7) is 3.27. The molecule has 2 aliphatic rings. The van der Waals surface area contributed by atoms with E-state index >= 15 is 0 Å². The maximum Gasteiger partial charge on any atom is 0.0412 e. The van der Waals surface area contributed by atoms with E-state index in [9.17, 15) is 0 Å². The van der Waals surface area contributed by atoms with Gasteiger partial charge < -0.3 is 10.2 Å². The summed E-state index contributed by atoms with van der Waals surface area (Å²) in [7, 11) is 2.22. The third-order valence-corrected chi connectivity index (χ3v) is 4.73. The van der Waals surface area contributed by atoms with Crippen molar-refractivity contribution in [2.45, 2.75) is 51.2 Å². The Morgan fingerprint density at radius 1 is 1.32 bits per heavy atom. The van der Waals surface area contributed by atoms with E-state index in [0.29, 0.717) is 6.04 Å². The van der Waals surface area contributed by atoms with E-state index in [1.807, 2.05) is 6.07 Å². The minimum atomic E-state index is 0.626. The summed E-state index contributed by atoms with van der Waals surface area (Å²) in [6, 6.07) is 7.65. The lowest BCUT2D eigenvalue weighted by molar-refractivity contribution is 0.603. The number of anilines is 1. The summed E-state index contributed by atoms with van der Waals surface area (Å²) in [6.07, 6.45) is 5.41. The molecule has 0 aliphatic heterocycles. The SMILES string of the molecule is CC(C1CC1)N(C)c1ccc(Cl)cc1CNC1CC1. The average Bonchev–Trinajstić information content (AvgIpc) is 3.28. The van der Waals surface area contributed by atoms with Gasteiger partial charge in [0.2, 0.25) is 0 Å². The predicted molar refractivity (Wildman–Crippen MR) is 81.9 cm³/mol. The van der Waals surface area contributed by atoms with Crippen LogP contribution < -0.4 is 10.2 Å². The molecule has 0 saturated heterocycles. The molecule has 3 rings (SSSR count). The van der Waals surface area contributed by atoms with Gasteiger partial charge in [-0.15, -0.1) is 0 Å². The molecular formula is C16H23ClN2. The summed E-state index contributed by atoms with van der Waals surface area (Å²) in [5.74, 6) is 0.880. The molecule has 19 heavy (non-hydrogen) atoms. The molecular weight excluding hydrogens is 256 g/mol. The highest BCUT2D eigenvalue weighted by Gasteiger charge is 2.31. The molecule has 2 fully saturated rings. The van der Waals surface area contributed by atoms with Gasteiger partial charge in [0.1, 0.15) is 0 Å². The molecule has 0 amide bonds. The topological polar surface area (TPSA) is 15.3 Å². The van der Waals surface area contributed by atoms with Crippen molar-refractivity contribution in [3.63, 3.8) is 0 Å². The highest BCUT2D eigenvalue weighted by Crippen LogP contribution is 2.37. The molecule has 2 aliphatic carbocycles. The normalized spacial score (nSPS) is 20.4. The van der Waals surface area contributed by atoms with Gasteiger partial charge in [0.05, 0.1) is 0 Å². The lowest BCUT2D eigenvalue weighted by atomic mass is 10.1. The van der Waals surface area contributed by atoms with Crippen molar-refractivity contribution in [2.24, 2.45) is 5.92 Å². The van der Waals surface area contributed by atoms with Crippen LogP contribution in [0, 0.1) is 5.92 Å². The highest BCUT2D eigenvalue weighted by atomic mass is 35.5. The monoisotopic (exact) mass is 278 g/mol. The molecule has 104 valence electrons. The zero-order valence-electron chi connectivity index (χ0n) is 11.8. The molecule has 0 aromatic heterocycles. The minimum absolute atomic E-state index is 0.626. The van der Waals surface area contributed by atoms with Crippen LogP contribution in [0.3, 0.4) is 0 Å². The van der Waals surface area contributed by atoms with Crippen molar-refractivity contribution in [3.05, 3.63) is 28.8 Å². The first kappa shape index (κ1) is 13.3. The quantitative estimate of drug-likeness (QED) is 0.851. The summed E-state index contributed by atoms with van der Waals surface area (Å²) >= 11 is 6.16. The molecule has 3 heteroatoms. The lowest BCUT2D eigenvalue weighted by Crippen LogP contribution is -2.32. The highest BCUT2D eigenvalue weighted by molar-refractivity contribution is 6.30. The molecule has 2 nitrogen and oxygen atoms in total. The minimum Gasteiger partial charge on any atom is -0.371 e. The first-order valence-corrected chi connectivity index (χ1v) is 7.77. The van der Waals surface area contributed by atoms with E-state index in [-0.39, 0.29) is 0 Å². The largest absolute Gasteiger partial charge is 0.371 e. The molecule has 2 saturated carbocycles. The molecule has 1 aromatic carbocycles. The van der Waals surface area contributed by atoms with Crippen LogP contribution in [0.4, 0.5) is 5.69 Å². The first-order valence-electron chi connectivity index (χ1n) is 7.40. The number of halogens is 1. The van der Waals surface area contributed by atoms with Crippen LogP contribution in [0.2, 0.25) is 5.02 Å². The van der Waals surface area contributed by atoms with Gasteiger partial charge in [-0.25, -0.2) is 0 Å². The third-order valence-electron chi connectivity index (χ3n) is 4.50. The summed E-state index contributed by atoms with van der Waals surface area (Å²) < 4.78 is 0. The number of nitrogens with zero attached hydrogens (tertiary/aromatic N) is 1. The zero-order valence-corrected chi connectivity index (χ0v) is 12.6. The Kier molecular flexibility index (Phi) is 3.72. The van der Waals surface area contributed by atoms with Crippen molar-refractivity contribution < 1.29 is 0 Å². The van der Waals surface area contributed by atoms with Crippen LogP contribution in [0.5, 0.6) is 0 Å². The van der Waals surface area contributed by atoms with Gasteiger partial charge in [-0.05, 0) is 62.3 Å². The van der Waals surface area contributed by atoms with Crippen LogP contribution in [-0.2, 0) is 6.54 Å². The van der Waals surface area contributed by atoms with Crippen LogP contribution in [0.25, 0.3) is 0 Å². The smallest absolute Gasteiger partial charge is 0.0412 e. The fourth-order valence-corrected chi connectivity index (χ4v) is 2.89. The van der Waals surface area contributed by atoms with Gasteiger partial charge >= 0.3 is 0 Å². The average molecular weight is 279 g/mol. The maximum absolute atomic E-state index is 6.16. The second-order valence-corrected chi connectivity index (χ2v) is 6.55. The first-order chi connectivity index (χ1) is 9.15. The molecule has 0 bridgehead atoms. The second kappa shape index (κ2) is 5.34. The van der Waals surface area contributed by atoms with E-state index in [4.69, 9.17) is 11.6 Å². The van der Waals surface area contributed by atoms with Crippen molar-refractivity contribution in [3.8, 4) is 0 Å². The van der Waals surface area contributed by atoms with E-state index < -0.39 is 0 Å². The number of rotatable bonds is 6. The van der Waals surface area contributed by atoms with Gasteiger partial charge in [0, 0.05) is 36.4 Å². The van der Waals surface area contributed by atoms with Gasteiger partial charge in [-0.2, -0.15) is 0 Å². The lowest BCUT2D eigenvalue weighted by Gasteiger charge is -2.29. The molecule has 1 N–H and O–H groups in total. The number of benzene rings is 1. The molecule has 1 atom stereocenters. The molecule has 1 unspecified atom stereocenters. The van der Waals surface area contributed by atoms with Gasteiger partial charge in [0.25, 0.3) is 0 Å². The van der Waals surface area contributed by atoms with Gasteiger partial charge in [0.15, 0.2) is 0 Å². The number of hydrogen-bond acceptors (Lipinski definition) is 2. The molecule has 0 heterocycles. The summed E-state index contributed by atoms with van der Waals surface area (Å²) in [5, 5.41) is 4.43. The van der Waals surface area contributed by atoms with Crippen LogP contribution in [0.15, 0.2) is 18.2 Å². The standard InChI is InChI=1S/C16H23ClN2/c1-11(12-3-4-12)19(2)16-8-5-14(17)9-13(16)10-18-15-6-7-15/h5,8-9,11-12,15,18H,3-4,6-7,10H2,1-2H3. The Labute approximate surface area is 121 Å². The summed E-state index contributed by atoms with van der Waals surface area (Å²) in [5.41, 5.74) is 2.66. The molecule has 0 spiro atoms. The van der Waals surface area contributed by atoms with Crippen molar-refractivity contribution >= 4 is 17.3 Å². The Morgan fingerprint density at radius 3 is 2.68 bits per heavy atom. The third kappa shape index (κ3) is 3.24. The zero-order chi connectivity index (χ0) is 13.4. The van der Waals surface area contributed by atoms with E-state index in [1.165, 1.54) is 36.9 Å². The van der Waals surface area contributed by atoms with E-state index in [2.05, 4.69) is 36.3 Å². The number of hydrogen-bond donors (Lipinski definition) is 1.